The molecule has 0 bridgehead atoms. The van der Waals surface area contributed by atoms with Crippen LogP contribution in [-0.2, 0) is 20.9 Å². The summed E-state index contributed by atoms with van der Waals surface area (Å²) in [5, 5.41) is 0. The number of ketones is 1. The molecule has 0 heterocycles. The van der Waals surface area contributed by atoms with Gasteiger partial charge in [-0.2, -0.15) is 0 Å². The Labute approximate surface area is 151 Å². The summed E-state index contributed by atoms with van der Waals surface area (Å²) in [6.45, 7) is 0.353. The van der Waals surface area contributed by atoms with Gasteiger partial charge in [-0.25, -0.2) is 0 Å². The van der Waals surface area contributed by atoms with Crippen LogP contribution in [0.25, 0.3) is 0 Å². The average Bonchev–Trinajstić information content (AvgIpc) is 3.17. The van der Waals surface area contributed by atoms with E-state index in [0.29, 0.717) is 18.8 Å². The maximum atomic E-state index is 11.9. The zero-order chi connectivity index (χ0) is 17.5. The first-order valence-electron chi connectivity index (χ1n) is 9.99. The molecule has 0 spiro atoms. The van der Waals surface area contributed by atoms with Crippen molar-refractivity contribution in [3.05, 3.63) is 35.4 Å². The molecule has 0 N–H and O–H groups in total. The number of carbonyl (C=O) groups is 2. The van der Waals surface area contributed by atoms with Crippen LogP contribution in [0.15, 0.2) is 24.3 Å². The van der Waals surface area contributed by atoms with Gasteiger partial charge in [0.25, 0.3) is 0 Å². The average molecular weight is 342 g/mol. The van der Waals surface area contributed by atoms with E-state index in [0.717, 1.165) is 50.0 Å². The highest BCUT2D eigenvalue weighted by Crippen LogP contribution is 2.34. The van der Waals surface area contributed by atoms with Gasteiger partial charge in [-0.3, -0.25) is 9.59 Å². The van der Waals surface area contributed by atoms with E-state index in [1.165, 1.54) is 31.2 Å². The lowest BCUT2D eigenvalue weighted by Gasteiger charge is -2.19. The first-order valence-corrected chi connectivity index (χ1v) is 9.99. The quantitative estimate of drug-likeness (QED) is 0.630. The Kier molecular flexibility index (Phi) is 6.66. The van der Waals surface area contributed by atoms with Crippen molar-refractivity contribution in [2.75, 3.05) is 0 Å². The zero-order valence-electron chi connectivity index (χ0n) is 15.2. The van der Waals surface area contributed by atoms with E-state index in [2.05, 4.69) is 24.3 Å². The molecule has 1 aromatic carbocycles. The van der Waals surface area contributed by atoms with Crippen molar-refractivity contribution in [3.63, 3.8) is 0 Å². The lowest BCUT2D eigenvalue weighted by molar-refractivity contribution is -0.145. The number of esters is 1. The highest BCUT2D eigenvalue weighted by molar-refractivity contribution is 5.81. The van der Waals surface area contributed by atoms with E-state index < -0.39 is 0 Å². The minimum absolute atomic E-state index is 0.150. The molecule has 0 aromatic heterocycles. The van der Waals surface area contributed by atoms with Crippen LogP contribution in [0.2, 0.25) is 0 Å². The van der Waals surface area contributed by atoms with Crippen molar-refractivity contribution in [1.82, 2.24) is 0 Å². The van der Waals surface area contributed by atoms with Crippen LogP contribution in [0.1, 0.15) is 87.7 Å². The van der Waals surface area contributed by atoms with Gasteiger partial charge in [0.1, 0.15) is 12.4 Å². The van der Waals surface area contributed by atoms with Gasteiger partial charge in [-0.1, -0.05) is 43.5 Å². The van der Waals surface area contributed by atoms with Crippen LogP contribution < -0.4 is 0 Å². The van der Waals surface area contributed by atoms with Gasteiger partial charge in [-0.15, -0.1) is 0 Å². The molecule has 25 heavy (non-hydrogen) atoms. The molecule has 0 amide bonds. The Balaban J connectivity index is 1.35. The number of ether oxygens (including phenoxy) is 1. The Morgan fingerprint density at radius 3 is 2.44 bits per heavy atom. The largest absolute Gasteiger partial charge is 0.461 e. The number of rotatable bonds is 7. The van der Waals surface area contributed by atoms with Gasteiger partial charge in [0.2, 0.25) is 0 Å². The lowest BCUT2D eigenvalue weighted by Crippen LogP contribution is -2.19. The number of hydrogen-bond acceptors (Lipinski definition) is 3. The Bertz CT molecular complexity index is 569. The Hall–Kier alpha value is -1.64. The van der Waals surface area contributed by atoms with Crippen LogP contribution in [0, 0.1) is 5.92 Å². The predicted octanol–water partition coefficient (Wildman–Crippen LogP) is 5.32. The third-order valence-corrected chi connectivity index (χ3v) is 5.82. The second-order valence-corrected chi connectivity index (χ2v) is 7.68. The minimum Gasteiger partial charge on any atom is -0.461 e. The SMILES string of the molecule is O=C(CCC[C@H]1CCCCC1=O)OCc1ccc(C2CCCC2)cc1. The fourth-order valence-corrected chi connectivity index (χ4v) is 4.23. The van der Waals surface area contributed by atoms with Gasteiger partial charge in [0, 0.05) is 18.8 Å². The van der Waals surface area contributed by atoms with Crippen LogP contribution in [0.4, 0.5) is 0 Å². The van der Waals surface area contributed by atoms with Crippen molar-refractivity contribution in [1.29, 1.82) is 0 Å². The molecule has 1 aromatic rings. The molecular formula is C22H30O3. The number of Topliss-reactive ketones (excluding diaryl/α,β-unsaturated/α-hetero) is 1. The van der Waals surface area contributed by atoms with Crippen molar-refractivity contribution in [3.8, 4) is 0 Å². The van der Waals surface area contributed by atoms with E-state index in [9.17, 15) is 9.59 Å². The first-order chi connectivity index (χ1) is 12.2. The van der Waals surface area contributed by atoms with E-state index >= 15 is 0 Å². The molecule has 3 rings (SSSR count). The molecule has 0 aliphatic heterocycles. The van der Waals surface area contributed by atoms with Crippen LogP contribution in [-0.4, -0.2) is 11.8 Å². The van der Waals surface area contributed by atoms with Gasteiger partial charge < -0.3 is 4.74 Å². The summed E-state index contributed by atoms with van der Waals surface area (Å²) < 4.78 is 5.39. The highest BCUT2D eigenvalue weighted by Gasteiger charge is 2.22. The zero-order valence-corrected chi connectivity index (χ0v) is 15.2. The molecule has 0 unspecified atom stereocenters. The van der Waals surface area contributed by atoms with Gasteiger partial charge in [-0.05, 0) is 55.6 Å². The maximum absolute atomic E-state index is 11.9. The number of hydrogen-bond donors (Lipinski definition) is 0. The molecule has 3 nitrogen and oxygen atoms in total. The molecule has 2 aliphatic rings. The normalized spacial score (nSPS) is 21.4. The van der Waals surface area contributed by atoms with Gasteiger partial charge >= 0.3 is 5.97 Å². The summed E-state index contributed by atoms with van der Waals surface area (Å²) in [4.78, 5) is 23.7. The summed E-state index contributed by atoms with van der Waals surface area (Å²) in [6, 6.07) is 8.55. The topological polar surface area (TPSA) is 43.4 Å². The molecular weight excluding hydrogens is 312 g/mol. The molecule has 0 radical (unpaired) electrons. The van der Waals surface area contributed by atoms with Crippen molar-refractivity contribution in [2.24, 2.45) is 5.92 Å². The standard InChI is InChI=1S/C22H30O3/c23-21-10-4-3-8-20(21)9-5-11-22(24)25-16-17-12-14-19(15-13-17)18-6-1-2-7-18/h12-15,18,20H,1-11,16H2/t20-/m1/s1. The second kappa shape index (κ2) is 9.17. The summed E-state index contributed by atoms with van der Waals surface area (Å²) >= 11 is 0. The van der Waals surface area contributed by atoms with Crippen molar-refractivity contribution in [2.45, 2.75) is 83.2 Å². The molecule has 2 saturated carbocycles. The maximum Gasteiger partial charge on any atom is 0.306 e. The Morgan fingerprint density at radius 2 is 1.72 bits per heavy atom. The van der Waals surface area contributed by atoms with E-state index in [1.807, 2.05) is 0 Å². The molecule has 136 valence electrons. The molecule has 2 aliphatic carbocycles. The monoisotopic (exact) mass is 342 g/mol. The predicted molar refractivity (Wildman–Crippen MR) is 98.3 cm³/mol. The first kappa shape index (κ1) is 18.2. The van der Waals surface area contributed by atoms with Crippen molar-refractivity contribution < 1.29 is 14.3 Å². The smallest absolute Gasteiger partial charge is 0.306 e. The lowest BCUT2D eigenvalue weighted by atomic mass is 9.84. The van der Waals surface area contributed by atoms with Crippen molar-refractivity contribution >= 4 is 11.8 Å². The van der Waals surface area contributed by atoms with Crippen LogP contribution in [0.3, 0.4) is 0 Å². The minimum atomic E-state index is -0.150. The summed E-state index contributed by atoms with van der Waals surface area (Å²) in [5.74, 6) is 1.15. The van der Waals surface area contributed by atoms with Crippen LogP contribution >= 0.6 is 0 Å². The summed E-state index contributed by atoms with van der Waals surface area (Å²) in [5.41, 5.74) is 2.47. The molecule has 0 saturated heterocycles. The molecule has 3 heteroatoms. The van der Waals surface area contributed by atoms with E-state index in [1.54, 1.807) is 0 Å². The summed E-state index contributed by atoms with van der Waals surface area (Å²) in [7, 11) is 0. The third kappa shape index (κ3) is 5.42. The highest BCUT2D eigenvalue weighted by atomic mass is 16.5. The summed E-state index contributed by atoms with van der Waals surface area (Å²) in [6.07, 6.45) is 11.2. The fraction of sp³-hybridized carbons (Fsp3) is 0.636. The number of benzene rings is 1. The van der Waals surface area contributed by atoms with Crippen LogP contribution in [0.5, 0.6) is 0 Å². The molecule has 1 atom stereocenters. The van der Waals surface area contributed by atoms with Gasteiger partial charge in [0.05, 0.1) is 0 Å². The molecule has 2 fully saturated rings. The number of carbonyl (C=O) groups excluding carboxylic acids is 2. The van der Waals surface area contributed by atoms with E-state index in [-0.39, 0.29) is 11.9 Å². The van der Waals surface area contributed by atoms with Gasteiger partial charge in [0.15, 0.2) is 0 Å². The second-order valence-electron chi connectivity index (χ2n) is 7.68. The van der Waals surface area contributed by atoms with E-state index in [4.69, 9.17) is 4.74 Å². The Morgan fingerprint density at radius 1 is 1.00 bits per heavy atom. The fourth-order valence-electron chi connectivity index (χ4n) is 4.23. The third-order valence-electron chi connectivity index (χ3n) is 5.82.